The van der Waals surface area contributed by atoms with Crippen molar-refractivity contribution in [3.05, 3.63) is 0 Å². The van der Waals surface area contributed by atoms with Gasteiger partial charge in [-0.25, -0.2) is 0 Å². The molecule has 1 heterocycles. The summed E-state index contributed by atoms with van der Waals surface area (Å²) in [6.45, 7) is 8.58. The zero-order chi connectivity index (χ0) is 15.1. The first-order chi connectivity index (χ1) is 9.45. The third-order valence-corrected chi connectivity index (χ3v) is 3.33. The van der Waals surface area contributed by atoms with Crippen molar-refractivity contribution in [2.24, 2.45) is 11.8 Å². The summed E-state index contributed by atoms with van der Waals surface area (Å²) in [6.07, 6.45) is 0. The van der Waals surface area contributed by atoms with Gasteiger partial charge in [0.2, 0.25) is 11.8 Å². The highest BCUT2D eigenvalue weighted by Gasteiger charge is 2.35. The number of hydrogen-bond donors (Lipinski definition) is 2. The van der Waals surface area contributed by atoms with Crippen molar-refractivity contribution in [1.82, 2.24) is 15.5 Å². The Balaban J connectivity index is 2.43. The van der Waals surface area contributed by atoms with Crippen LogP contribution < -0.4 is 10.6 Å². The van der Waals surface area contributed by atoms with Crippen molar-refractivity contribution >= 4 is 11.8 Å². The number of rotatable bonds is 7. The minimum absolute atomic E-state index is 0.0341. The Kier molecular flexibility index (Phi) is 6.95. The molecule has 0 aliphatic carbocycles. The SMILES string of the molecule is CCNC1COCC1C(=O)N(C)CC(=O)NCC(C)C. The molecule has 0 spiro atoms. The number of carbonyl (C=O) groups is 2. The van der Waals surface area contributed by atoms with Gasteiger partial charge in [0.05, 0.1) is 25.7 Å². The molecule has 1 aliphatic rings. The van der Waals surface area contributed by atoms with E-state index in [2.05, 4.69) is 10.6 Å². The molecule has 116 valence electrons. The van der Waals surface area contributed by atoms with Crippen molar-refractivity contribution in [2.75, 3.05) is 39.9 Å². The zero-order valence-electron chi connectivity index (χ0n) is 12.9. The van der Waals surface area contributed by atoms with Crippen LogP contribution in [0.4, 0.5) is 0 Å². The van der Waals surface area contributed by atoms with Crippen molar-refractivity contribution in [2.45, 2.75) is 26.8 Å². The Morgan fingerprint density at radius 2 is 2.05 bits per heavy atom. The van der Waals surface area contributed by atoms with Gasteiger partial charge in [0.25, 0.3) is 0 Å². The molecule has 2 unspecified atom stereocenters. The maximum absolute atomic E-state index is 12.3. The highest BCUT2D eigenvalue weighted by Crippen LogP contribution is 2.16. The van der Waals surface area contributed by atoms with Crippen LogP contribution in [-0.2, 0) is 14.3 Å². The first-order valence-electron chi connectivity index (χ1n) is 7.28. The predicted octanol–water partition coefficient (Wildman–Crippen LogP) is -0.158. The number of hydrogen-bond acceptors (Lipinski definition) is 4. The van der Waals surface area contributed by atoms with Gasteiger partial charge in [0, 0.05) is 19.6 Å². The van der Waals surface area contributed by atoms with Crippen LogP contribution in [0.15, 0.2) is 0 Å². The molecule has 6 nitrogen and oxygen atoms in total. The summed E-state index contributed by atoms with van der Waals surface area (Å²) in [4.78, 5) is 25.5. The third-order valence-electron chi connectivity index (χ3n) is 3.33. The standard InChI is InChI=1S/C14H27N3O3/c1-5-15-12-9-20-8-11(12)14(19)17(4)7-13(18)16-6-10(2)3/h10-12,15H,5-9H2,1-4H3,(H,16,18). The molecule has 0 radical (unpaired) electrons. The van der Waals surface area contributed by atoms with Crippen LogP contribution in [0.5, 0.6) is 0 Å². The highest BCUT2D eigenvalue weighted by molar-refractivity contribution is 5.86. The number of carbonyl (C=O) groups excluding carboxylic acids is 2. The van der Waals surface area contributed by atoms with Crippen molar-refractivity contribution in [1.29, 1.82) is 0 Å². The van der Waals surface area contributed by atoms with Crippen LogP contribution in [0, 0.1) is 11.8 Å². The summed E-state index contributed by atoms with van der Waals surface area (Å²) < 4.78 is 5.37. The lowest BCUT2D eigenvalue weighted by atomic mass is 10.0. The minimum atomic E-state index is -0.196. The molecule has 1 saturated heterocycles. The third kappa shape index (κ3) is 5.09. The number of nitrogens with zero attached hydrogens (tertiary/aromatic N) is 1. The Morgan fingerprint density at radius 3 is 2.65 bits per heavy atom. The number of nitrogens with one attached hydrogen (secondary N) is 2. The number of ether oxygens (including phenoxy) is 1. The highest BCUT2D eigenvalue weighted by atomic mass is 16.5. The summed E-state index contributed by atoms with van der Waals surface area (Å²) in [6, 6.07) is 0.0497. The maximum atomic E-state index is 12.3. The molecule has 0 aromatic carbocycles. The average Bonchev–Trinajstić information content (AvgIpc) is 2.84. The van der Waals surface area contributed by atoms with Crippen molar-refractivity contribution in [3.8, 4) is 0 Å². The lowest BCUT2D eigenvalue weighted by Crippen LogP contribution is -2.47. The van der Waals surface area contributed by atoms with Crippen molar-refractivity contribution < 1.29 is 14.3 Å². The van der Waals surface area contributed by atoms with Gasteiger partial charge >= 0.3 is 0 Å². The summed E-state index contributed by atoms with van der Waals surface area (Å²) >= 11 is 0. The molecule has 1 rings (SSSR count). The lowest BCUT2D eigenvalue weighted by molar-refractivity contribution is -0.138. The molecule has 2 amide bonds. The Morgan fingerprint density at radius 1 is 1.35 bits per heavy atom. The normalized spacial score (nSPS) is 22.1. The smallest absolute Gasteiger partial charge is 0.239 e. The Labute approximate surface area is 121 Å². The van der Waals surface area contributed by atoms with E-state index >= 15 is 0 Å². The first-order valence-corrected chi connectivity index (χ1v) is 7.28. The summed E-state index contributed by atoms with van der Waals surface area (Å²) in [7, 11) is 1.67. The monoisotopic (exact) mass is 285 g/mol. The van der Waals surface area contributed by atoms with E-state index < -0.39 is 0 Å². The average molecular weight is 285 g/mol. The molecule has 1 fully saturated rings. The minimum Gasteiger partial charge on any atom is -0.379 e. The quantitative estimate of drug-likeness (QED) is 0.682. The molecule has 0 bridgehead atoms. The predicted molar refractivity (Wildman–Crippen MR) is 77.3 cm³/mol. The largest absolute Gasteiger partial charge is 0.379 e. The van der Waals surface area contributed by atoms with Gasteiger partial charge in [-0.05, 0) is 12.5 Å². The van der Waals surface area contributed by atoms with Gasteiger partial charge in [-0.15, -0.1) is 0 Å². The van der Waals surface area contributed by atoms with E-state index in [-0.39, 0.29) is 30.3 Å². The zero-order valence-corrected chi connectivity index (χ0v) is 12.9. The van der Waals surface area contributed by atoms with E-state index in [0.29, 0.717) is 25.7 Å². The van der Waals surface area contributed by atoms with Gasteiger partial charge in [-0.2, -0.15) is 0 Å². The molecule has 2 N–H and O–H groups in total. The summed E-state index contributed by atoms with van der Waals surface area (Å²) in [5.41, 5.74) is 0. The summed E-state index contributed by atoms with van der Waals surface area (Å²) in [5.74, 6) is 0.0563. The second-order valence-electron chi connectivity index (χ2n) is 5.70. The molecule has 6 heteroatoms. The molecular formula is C14H27N3O3. The molecular weight excluding hydrogens is 258 g/mol. The second-order valence-corrected chi connectivity index (χ2v) is 5.70. The van der Waals surface area contributed by atoms with E-state index in [9.17, 15) is 9.59 Å². The molecule has 1 aliphatic heterocycles. The molecule has 0 aromatic rings. The molecule has 2 atom stereocenters. The van der Waals surface area contributed by atoms with Gasteiger partial charge < -0.3 is 20.3 Å². The van der Waals surface area contributed by atoms with Crippen LogP contribution >= 0.6 is 0 Å². The maximum Gasteiger partial charge on any atom is 0.239 e. The van der Waals surface area contributed by atoms with E-state index in [1.54, 1.807) is 7.05 Å². The van der Waals surface area contributed by atoms with Crippen LogP contribution in [0.2, 0.25) is 0 Å². The fourth-order valence-corrected chi connectivity index (χ4v) is 2.21. The van der Waals surface area contributed by atoms with E-state index in [1.165, 1.54) is 4.90 Å². The fraction of sp³-hybridized carbons (Fsp3) is 0.857. The number of amides is 2. The molecule has 0 aromatic heterocycles. The van der Waals surface area contributed by atoms with Crippen molar-refractivity contribution in [3.63, 3.8) is 0 Å². The first kappa shape index (κ1) is 16.9. The van der Waals surface area contributed by atoms with Crippen LogP contribution in [0.25, 0.3) is 0 Å². The van der Waals surface area contributed by atoms with Gasteiger partial charge in [0.1, 0.15) is 0 Å². The number of likely N-dealkylation sites (N-methyl/N-ethyl adjacent to an activating group) is 2. The van der Waals surface area contributed by atoms with E-state index in [0.717, 1.165) is 6.54 Å². The Hall–Kier alpha value is -1.14. The van der Waals surface area contributed by atoms with Crippen LogP contribution in [-0.4, -0.2) is 62.7 Å². The molecule has 0 saturated carbocycles. The molecule has 20 heavy (non-hydrogen) atoms. The van der Waals surface area contributed by atoms with E-state index in [1.807, 2.05) is 20.8 Å². The topological polar surface area (TPSA) is 70.7 Å². The van der Waals surface area contributed by atoms with Gasteiger partial charge in [-0.1, -0.05) is 20.8 Å². The fourth-order valence-electron chi connectivity index (χ4n) is 2.21. The van der Waals surface area contributed by atoms with Gasteiger partial charge in [0.15, 0.2) is 0 Å². The van der Waals surface area contributed by atoms with Crippen LogP contribution in [0.3, 0.4) is 0 Å². The van der Waals surface area contributed by atoms with E-state index in [4.69, 9.17) is 4.74 Å². The second kappa shape index (κ2) is 8.21. The summed E-state index contributed by atoms with van der Waals surface area (Å²) in [5, 5.41) is 6.07. The van der Waals surface area contributed by atoms with Gasteiger partial charge in [-0.3, -0.25) is 9.59 Å². The van der Waals surface area contributed by atoms with Crippen LogP contribution in [0.1, 0.15) is 20.8 Å². The lowest BCUT2D eigenvalue weighted by Gasteiger charge is -2.24. The Bertz CT molecular complexity index is 334.